The van der Waals surface area contributed by atoms with Gasteiger partial charge in [-0.1, -0.05) is 16.8 Å². The predicted octanol–water partition coefficient (Wildman–Crippen LogP) is 1.21. The van der Waals surface area contributed by atoms with Crippen molar-refractivity contribution < 1.29 is 19.5 Å². The first-order valence-corrected chi connectivity index (χ1v) is 5.68. The molecule has 6 nitrogen and oxygen atoms in total. The van der Waals surface area contributed by atoms with E-state index in [0.717, 1.165) is 0 Å². The maximum Gasteiger partial charge on any atom is 0.408 e. The van der Waals surface area contributed by atoms with Crippen molar-refractivity contribution >= 4 is 22.9 Å². The highest BCUT2D eigenvalue weighted by Crippen LogP contribution is 2.16. The van der Waals surface area contributed by atoms with Crippen molar-refractivity contribution in [3.05, 3.63) is 0 Å². The molecule has 0 aromatic carbocycles. The van der Waals surface area contributed by atoms with Crippen LogP contribution >= 0.6 is 11.6 Å². The SMILES string of the molecule is CC(C)(C)OC(=O)NC(CO)C1CC(Cl)=NO1. The molecular formula is C10H17ClN2O4. The van der Waals surface area contributed by atoms with Gasteiger partial charge in [0, 0.05) is 6.42 Å². The lowest BCUT2D eigenvalue weighted by molar-refractivity contribution is 0.0178. The van der Waals surface area contributed by atoms with Crippen LogP contribution < -0.4 is 5.32 Å². The summed E-state index contributed by atoms with van der Waals surface area (Å²) in [6.45, 7) is 5.00. The number of aliphatic hydroxyl groups excluding tert-OH is 1. The zero-order valence-electron chi connectivity index (χ0n) is 10.1. The fourth-order valence-corrected chi connectivity index (χ4v) is 1.49. The van der Waals surface area contributed by atoms with Crippen molar-refractivity contribution in [2.45, 2.75) is 44.9 Å². The lowest BCUT2D eigenvalue weighted by Gasteiger charge is -2.24. The topological polar surface area (TPSA) is 80.2 Å². The van der Waals surface area contributed by atoms with Crippen LogP contribution in [0.15, 0.2) is 5.16 Å². The van der Waals surface area contributed by atoms with Crippen LogP contribution in [-0.4, -0.2) is 40.7 Å². The highest BCUT2D eigenvalue weighted by molar-refractivity contribution is 6.65. The largest absolute Gasteiger partial charge is 0.444 e. The van der Waals surface area contributed by atoms with E-state index < -0.39 is 23.8 Å². The lowest BCUT2D eigenvalue weighted by Crippen LogP contribution is -2.47. The summed E-state index contributed by atoms with van der Waals surface area (Å²) >= 11 is 5.65. The molecule has 0 aromatic heterocycles. The zero-order valence-corrected chi connectivity index (χ0v) is 10.8. The van der Waals surface area contributed by atoms with Gasteiger partial charge < -0.3 is 20.0 Å². The molecule has 7 heteroatoms. The fourth-order valence-electron chi connectivity index (χ4n) is 1.30. The van der Waals surface area contributed by atoms with Gasteiger partial charge in [-0.2, -0.15) is 0 Å². The average Bonchev–Trinajstić information content (AvgIpc) is 2.58. The quantitative estimate of drug-likeness (QED) is 0.803. The summed E-state index contributed by atoms with van der Waals surface area (Å²) in [4.78, 5) is 16.5. The first-order valence-electron chi connectivity index (χ1n) is 5.30. The van der Waals surface area contributed by atoms with Gasteiger partial charge in [-0.15, -0.1) is 0 Å². The van der Waals surface area contributed by atoms with Gasteiger partial charge in [0.25, 0.3) is 0 Å². The molecule has 0 aliphatic carbocycles. The number of hydrogen-bond acceptors (Lipinski definition) is 5. The van der Waals surface area contributed by atoms with E-state index in [0.29, 0.717) is 11.6 Å². The van der Waals surface area contributed by atoms with Crippen molar-refractivity contribution in [2.75, 3.05) is 6.61 Å². The van der Waals surface area contributed by atoms with Gasteiger partial charge in [0.2, 0.25) is 0 Å². The van der Waals surface area contributed by atoms with Crippen LogP contribution in [0.1, 0.15) is 27.2 Å². The Hall–Kier alpha value is -1.01. The summed E-state index contributed by atoms with van der Waals surface area (Å²) < 4.78 is 5.07. The van der Waals surface area contributed by atoms with E-state index in [4.69, 9.17) is 21.2 Å². The number of halogens is 1. The molecule has 0 radical (unpaired) electrons. The number of alkyl carbamates (subject to hydrolysis) is 1. The number of hydrogen-bond donors (Lipinski definition) is 2. The van der Waals surface area contributed by atoms with E-state index in [1.807, 2.05) is 0 Å². The molecule has 1 amide bonds. The molecule has 0 saturated heterocycles. The van der Waals surface area contributed by atoms with E-state index in [1.165, 1.54) is 0 Å². The maximum absolute atomic E-state index is 11.5. The van der Waals surface area contributed by atoms with Gasteiger partial charge in [-0.3, -0.25) is 0 Å². The summed E-state index contributed by atoms with van der Waals surface area (Å²) in [5, 5.41) is 15.6. The third-order valence-electron chi connectivity index (χ3n) is 2.00. The highest BCUT2D eigenvalue weighted by Gasteiger charge is 2.31. The number of rotatable bonds is 3. The second kappa shape index (κ2) is 5.55. The molecule has 2 N–H and O–H groups in total. The van der Waals surface area contributed by atoms with Crippen molar-refractivity contribution in [2.24, 2.45) is 5.16 Å². The number of aliphatic hydroxyl groups is 1. The Morgan fingerprint density at radius 2 is 2.41 bits per heavy atom. The molecule has 0 aromatic rings. The minimum absolute atomic E-state index is 0.274. The van der Waals surface area contributed by atoms with E-state index >= 15 is 0 Å². The zero-order chi connectivity index (χ0) is 13.1. The smallest absolute Gasteiger partial charge is 0.408 e. The van der Waals surface area contributed by atoms with Crippen molar-refractivity contribution in [1.82, 2.24) is 5.32 Å². The van der Waals surface area contributed by atoms with Crippen molar-refractivity contribution in [1.29, 1.82) is 0 Å². The van der Waals surface area contributed by atoms with Crippen LogP contribution in [0.2, 0.25) is 0 Å². The van der Waals surface area contributed by atoms with Crippen LogP contribution in [0.5, 0.6) is 0 Å². The standard InChI is InChI=1S/C10H17ClN2O4/c1-10(2,3)16-9(15)12-6(5-14)7-4-8(11)13-17-7/h6-7,14H,4-5H2,1-3H3,(H,12,15). The molecule has 17 heavy (non-hydrogen) atoms. The van der Waals surface area contributed by atoms with Gasteiger partial charge in [-0.05, 0) is 20.8 Å². The van der Waals surface area contributed by atoms with Gasteiger partial charge >= 0.3 is 6.09 Å². The second-order valence-corrected chi connectivity index (χ2v) is 5.19. The normalized spacial score (nSPS) is 21.5. The molecule has 1 aliphatic heterocycles. The Labute approximate surface area is 105 Å². The Morgan fingerprint density at radius 1 is 1.76 bits per heavy atom. The molecule has 2 unspecified atom stereocenters. The van der Waals surface area contributed by atoms with Crippen LogP contribution in [0, 0.1) is 0 Å². The molecule has 2 atom stereocenters. The van der Waals surface area contributed by atoms with Crippen LogP contribution in [0.25, 0.3) is 0 Å². The number of carbonyl (C=O) groups excluding carboxylic acids is 1. The first kappa shape index (κ1) is 14.1. The number of amides is 1. The van der Waals surface area contributed by atoms with E-state index in [-0.39, 0.29) is 6.61 Å². The van der Waals surface area contributed by atoms with Crippen LogP contribution in [0.3, 0.4) is 0 Å². The minimum atomic E-state index is -0.608. The van der Waals surface area contributed by atoms with Gasteiger partial charge in [0.05, 0.1) is 12.6 Å². The number of nitrogens with one attached hydrogen (secondary N) is 1. The molecule has 0 fully saturated rings. The summed E-state index contributed by atoms with van der Waals surface area (Å²) in [6, 6.07) is -0.593. The number of carbonyl (C=O) groups is 1. The Morgan fingerprint density at radius 3 is 2.82 bits per heavy atom. The molecule has 1 heterocycles. The summed E-state index contributed by atoms with van der Waals surface area (Å²) in [7, 11) is 0. The van der Waals surface area contributed by atoms with Gasteiger partial charge in [-0.25, -0.2) is 4.79 Å². The van der Waals surface area contributed by atoms with Crippen LogP contribution in [-0.2, 0) is 9.57 Å². The monoisotopic (exact) mass is 264 g/mol. The van der Waals surface area contributed by atoms with Gasteiger partial charge in [0.15, 0.2) is 6.10 Å². The molecule has 0 spiro atoms. The minimum Gasteiger partial charge on any atom is -0.444 e. The van der Waals surface area contributed by atoms with Crippen molar-refractivity contribution in [3.8, 4) is 0 Å². The van der Waals surface area contributed by atoms with E-state index in [9.17, 15) is 9.90 Å². The number of oxime groups is 1. The highest BCUT2D eigenvalue weighted by atomic mass is 35.5. The number of nitrogens with zero attached hydrogens (tertiary/aromatic N) is 1. The molecule has 1 rings (SSSR count). The van der Waals surface area contributed by atoms with Crippen molar-refractivity contribution in [3.63, 3.8) is 0 Å². The third-order valence-corrected chi connectivity index (χ3v) is 2.23. The van der Waals surface area contributed by atoms with E-state index in [2.05, 4.69) is 10.5 Å². The van der Waals surface area contributed by atoms with Gasteiger partial charge in [0.1, 0.15) is 10.8 Å². The predicted molar refractivity (Wildman–Crippen MR) is 63.0 cm³/mol. The molecule has 0 saturated carbocycles. The van der Waals surface area contributed by atoms with E-state index in [1.54, 1.807) is 20.8 Å². The first-order chi connectivity index (χ1) is 7.81. The summed E-state index contributed by atoms with van der Waals surface area (Å²) in [6.07, 6.45) is -0.703. The number of ether oxygens (including phenoxy) is 1. The maximum atomic E-state index is 11.5. The third kappa shape index (κ3) is 4.79. The fraction of sp³-hybridized carbons (Fsp3) is 0.800. The summed E-state index contributed by atoms with van der Waals surface area (Å²) in [5.41, 5.74) is -0.589. The van der Waals surface area contributed by atoms with Crippen LogP contribution in [0.4, 0.5) is 4.79 Å². The molecular weight excluding hydrogens is 248 g/mol. The molecule has 1 aliphatic rings. The summed E-state index contributed by atoms with van der Waals surface area (Å²) in [5.74, 6) is 0. The average molecular weight is 265 g/mol. The Bertz CT molecular complexity index is 314. The lowest BCUT2D eigenvalue weighted by atomic mass is 10.1. The Balaban J connectivity index is 2.45. The molecule has 98 valence electrons. The molecule has 0 bridgehead atoms. The Kier molecular flexibility index (Phi) is 4.59. The second-order valence-electron chi connectivity index (χ2n) is 4.75.